The van der Waals surface area contributed by atoms with E-state index in [4.69, 9.17) is 24.5 Å². The second kappa shape index (κ2) is 7.62. The molecule has 1 saturated heterocycles. The molecular formula is C12H17N3O7. The van der Waals surface area contributed by atoms with E-state index < -0.39 is 48.6 Å². The molecule has 0 saturated carbocycles. The van der Waals surface area contributed by atoms with Crippen LogP contribution >= 0.6 is 0 Å². The van der Waals surface area contributed by atoms with Gasteiger partial charge >= 0.3 is 17.9 Å². The molecule has 0 aromatic heterocycles. The summed E-state index contributed by atoms with van der Waals surface area (Å²) in [5.41, 5.74) is 8.58. The third-order valence-electron chi connectivity index (χ3n) is 2.82. The van der Waals surface area contributed by atoms with Gasteiger partial charge in [-0.15, -0.1) is 0 Å². The molecule has 1 rings (SSSR count). The fourth-order valence-corrected chi connectivity index (χ4v) is 2.13. The highest BCUT2D eigenvalue weighted by atomic mass is 16.6. The van der Waals surface area contributed by atoms with Gasteiger partial charge in [0.05, 0.1) is 6.10 Å². The Labute approximate surface area is 126 Å². The summed E-state index contributed by atoms with van der Waals surface area (Å²) in [6.07, 6.45) is -5.33. The zero-order valence-electron chi connectivity index (χ0n) is 12.6. The first-order valence-electron chi connectivity index (χ1n) is 6.47. The number of nitrogens with zero attached hydrogens (tertiary/aromatic N) is 3. The van der Waals surface area contributed by atoms with Crippen LogP contribution in [-0.4, -0.2) is 48.6 Å². The first-order valence-corrected chi connectivity index (χ1v) is 6.47. The van der Waals surface area contributed by atoms with E-state index >= 15 is 0 Å². The average Bonchev–Trinajstić information content (AvgIpc) is 2.37. The molecule has 0 spiro atoms. The normalized spacial score (nSPS) is 30.6. The number of azide groups is 1. The maximum Gasteiger partial charge on any atom is 0.303 e. The van der Waals surface area contributed by atoms with Gasteiger partial charge in [-0.1, -0.05) is 5.11 Å². The molecule has 5 atom stereocenters. The lowest BCUT2D eigenvalue weighted by Gasteiger charge is -2.42. The van der Waals surface area contributed by atoms with E-state index in [0.717, 1.165) is 13.8 Å². The van der Waals surface area contributed by atoms with E-state index in [1.165, 1.54) is 6.92 Å². The summed E-state index contributed by atoms with van der Waals surface area (Å²) in [7, 11) is 0. The quantitative estimate of drug-likeness (QED) is 0.246. The van der Waals surface area contributed by atoms with Crippen LogP contribution in [0.2, 0.25) is 0 Å². The predicted octanol–water partition coefficient (Wildman–Crippen LogP) is 0.837. The number of ether oxygens (including phenoxy) is 4. The molecule has 1 heterocycles. The number of rotatable bonds is 4. The van der Waals surface area contributed by atoms with Crippen LogP contribution in [0.1, 0.15) is 27.7 Å². The molecule has 10 heteroatoms. The van der Waals surface area contributed by atoms with Crippen LogP contribution in [0.3, 0.4) is 0 Å². The smallest absolute Gasteiger partial charge is 0.303 e. The molecule has 1 aliphatic rings. The Morgan fingerprint density at radius 3 is 1.86 bits per heavy atom. The van der Waals surface area contributed by atoms with Gasteiger partial charge < -0.3 is 18.9 Å². The first-order chi connectivity index (χ1) is 10.3. The lowest BCUT2D eigenvalue weighted by Crippen LogP contribution is -2.59. The first kappa shape index (κ1) is 17.7. The van der Waals surface area contributed by atoms with Gasteiger partial charge in [-0.3, -0.25) is 14.4 Å². The van der Waals surface area contributed by atoms with E-state index in [9.17, 15) is 14.4 Å². The second-order valence-corrected chi connectivity index (χ2v) is 4.66. The second-order valence-electron chi connectivity index (χ2n) is 4.66. The summed E-state index contributed by atoms with van der Waals surface area (Å²) < 4.78 is 20.6. The number of carbonyl (C=O) groups excluding carboxylic acids is 3. The summed E-state index contributed by atoms with van der Waals surface area (Å²) in [6, 6.07) is 0. The highest BCUT2D eigenvalue weighted by Gasteiger charge is 2.49. The lowest BCUT2D eigenvalue weighted by atomic mass is 9.98. The van der Waals surface area contributed by atoms with Gasteiger partial charge in [-0.25, -0.2) is 0 Å². The summed E-state index contributed by atoms with van der Waals surface area (Å²) in [5.74, 6) is -1.99. The molecular weight excluding hydrogens is 298 g/mol. The predicted molar refractivity (Wildman–Crippen MR) is 70.1 cm³/mol. The van der Waals surface area contributed by atoms with Gasteiger partial charge in [0.1, 0.15) is 0 Å². The number of esters is 3. The molecule has 1 aliphatic heterocycles. The van der Waals surface area contributed by atoms with Crippen molar-refractivity contribution in [3.63, 3.8) is 0 Å². The van der Waals surface area contributed by atoms with Crippen molar-refractivity contribution in [1.82, 2.24) is 0 Å². The van der Waals surface area contributed by atoms with E-state index in [1.54, 1.807) is 6.92 Å². The third kappa shape index (κ3) is 4.61. The van der Waals surface area contributed by atoms with Crippen molar-refractivity contribution in [1.29, 1.82) is 0 Å². The Morgan fingerprint density at radius 2 is 1.41 bits per heavy atom. The number of hydrogen-bond donors (Lipinski definition) is 0. The Balaban J connectivity index is 3.18. The fourth-order valence-electron chi connectivity index (χ4n) is 2.13. The molecule has 10 nitrogen and oxygen atoms in total. The Morgan fingerprint density at radius 1 is 0.955 bits per heavy atom. The lowest BCUT2D eigenvalue weighted by molar-refractivity contribution is -0.242. The largest absolute Gasteiger partial charge is 0.456 e. The van der Waals surface area contributed by atoms with Gasteiger partial charge in [0, 0.05) is 25.7 Å². The van der Waals surface area contributed by atoms with Crippen LogP contribution < -0.4 is 0 Å². The van der Waals surface area contributed by atoms with Crippen molar-refractivity contribution in [3.05, 3.63) is 10.4 Å². The monoisotopic (exact) mass is 315 g/mol. The Hall–Kier alpha value is -2.32. The van der Waals surface area contributed by atoms with E-state index in [2.05, 4.69) is 10.0 Å². The van der Waals surface area contributed by atoms with E-state index in [0.29, 0.717) is 0 Å². The van der Waals surface area contributed by atoms with Crippen LogP contribution in [-0.2, 0) is 33.3 Å². The number of carbonyl (C=O) groups is 3. The van der Waals surface area contributed by atoms with E-state index in [1.807, 2.05) is 0 Å². The summed E-state index contributed by atoms with van der Waals surface area (Å²) >= 11 is 0. The molecule has 0 aliphatic carbocycles. The van der Waals surface area contributed by atoms with Gasteiger partial charge in [-0.2, -0.15) is 0 Å². The summed E-state index contributed by atoms with van der Waals surface area (Å²) in [5, 5.41) is 3.39. The highest BCUT2D eigenvalue weighted by molar-refractivity contribution is 5.68. The zero-order chi connectivity index (χ0) is 16.9. The molecule has 0 aromatic carbocycles. The van der Waals surface area contributed by atoms with Crippen molar-refractivity contribution in [2.75, 3.05) is 0 Å². The molecule has 0 amide bonds. The molecule has 0 unspecified atom stereocenters. The van der Waals surface area contributed by atoms with Gasteiger partial charge in [0.2, 0.25) is 0 Å². The van der Waals surface area contributed by atoms with Crippen molar-refractivity contribution >= 4 is 17.9 Å². The minimum Gasteiger partial charge on any atom is -0.456 e. The van der Waals surface area contributed by atoms with Crippen molar-refractivity contribution in [2.24, 2.45) is 5.11 Å². The van der Waals surface area contributed by atoms with Crippen LogP contribution in [0.25, 0.3) is 10.4 Å². The Kier molecular flexibility index (Phi) is 6.14. The van der Waals surface area contributed by atoms with Gasteiger partial charge in [0.25, 0.3) is 0 Å². The minimum atomic E-state index is -1.22. The summed E-state index contributed by atoms with van der Waals surface area (Å²) in [4.78, 5) is 36.4. The minimum absolute atomic E-state index is 0.624. The topological polar surface area (TPSA) is 137 Å². The van der Waals surface area contributed by atoms with Crippen LogP contribution in [0, 0.1) is 0 Å². The molecule has 0 radical (unpaired) electrons. The third-order valence-corrected chi connectivity index (χ3v) is 2.82. The van der Waals surface area contributed by atoms with Crippen molar-refractivity contribution < 1.29 is 33.3 Å². The maximum atomic E-state index is 11.3. The average molecular weight is 315 g/mol. The van der Waals surface area contributed by atoms with Gasteiger partial charge in [-0.05, 0) is 12.5 Å². The van der Waals surface area contributed by atoms with Crippen molar-refractivity contribution in [3.8, 4) is 0 Å². The summed E-state index contributed by atoms with van der Waals surface area (Å²) in [6.45, 7) is 5.01. The SMILES string of the molecule is CC(=O)O[C@@H]1[C@@H](OC(C)=O)[C@H](C)O[C@H](N=[N+]=[N-])[C@@H]1OC(C)=O. The van der Waals surface area contributed by atoms with Crippen molar-refractivity contribution in [2.45, 2.75) is 58.3 Å². The van der Waals surface area contributed by atoms with Crippen LogP contribution in [0.15, 0.2) is 5.11 Å². The maximum absolute atomic E-state index is 11.3. The molecule has 0 bridgehead atoms. The molecule has 1 fully saturated rings. The fraction of sp³-hybridized carbons (Fsp3) is 0.750. The highest BCUT2D eigenvalue weighted by Crippen LogP contribution is 2.29. The Bertz CT molecular complexity index is 503. The zero-order valence-corrected chi connectivity index (χ0v) is 12.6. The van der Waals surface area contributed by atoms with Crippen LogP contribution in [0.5, 0.6) is 0 Å². The standard InChI is InChI=1S/C12H17N3O7/c1-5-9(20-6(2)16)10(21-7(3)17)11(22-8(4)18)12(19-5)14-15-13/h5,9-12H,1-4H3/t5-,9-,10+,11+,12-/m0/s1. The van der Waals surface area contributed by atoms with E-state index in [-0.39, 0.29) is 0 Å². The van der Waals surface area contributed by atoms with Crippen LogP contribution in [0.4, 0.5) is 0 Å². The van der Waals surface area contributed by atoms with Gasteiger partial charge in [0.15, 0.2) is 24.5 Å². The molecule has 22 heavy (non-hydrogen) atoms. The molecule has 122 valence electrons. The number of hydrogen-bond acceptors (Lipinski definition) is 8. The molecule has 0 N–H and O–H groups in total. The molecule has 0 aromatic rings.